The molecule has 1 amide bonds. The first-order valence-corrected chi connectivity index (χ1v) is 10.7. The lowest BCUT2D eigenvalue weighted by atomic mass is 9.74. The Morgan fingerprint density at radius 2 is 1.58 bits per heavy atom. The second kappa shape index (κ2) is 8.96. The number of benzene rings is 2. The number of nitrogens with one attached hydrogen (secondary N) is 1. The molecule has 3 rings (SSSR count). The minimum absolute atomic E-state index is 0.0412. The lowest BCUT2D eigenvalue weighted by molar-refractivity contribution is -0.0549. The molecule has 0 heterocycles. The maximum Gasteiger partial charge on any atom is 0.408 e. The van der Waals surface area contributed by atoms with Crippen molar-refractivity contribution in [2.75, 3.05) is 14.1 Å². The van der Waals surface area contributed by atoms with E-state index in [1.165, 1.54) is 0 Å². The number of ether oxygens (including phenoxy) is 1. The van der Waals surface area contributed by atoms with Crippen molar-refractivity contribution in [1.82, 2.24) is 10.2 Å². The number of carbonyl (C=O) groups is 2. The smallest absolute Gasteiger partial charge is 0.408 e. The fourth-order valence-corrected chi connectivity index (χ4v) is 3.68. The normalized spacial score (nSPS) is 15.6. The van der Waals surface area contributed by atoms with Gasteiger partial charge in [-0.3, -0.25) is 4.79 Å². The lowest BCUT2D eigenvalue weighted by Gasteiger charge is -2.42. The molecule has 1 aliphatic rings. The van der Waals surface area contributed by atoms with E-state index in [1.807, 2.05) is 101 Å². The van der Waals surface area contributed by atoms with E-state index in [0.29, 0.717) is 11.1 Å². The second-order valence-electron chi connectivity index (χ2n) is 9.39. The summed E-state index contributed by atoms with van der Waals surface area (Å²) in [5.41, 5.74) is 2.08. The summed E-state index contributed by atoms with van der Waals surface area (Å²) < 4.78 is 5.85. The summed E-state index contributed by atoms with van der Waals surface area (Å²) in [5.74, 6) is -0.0412. The van der Waals surface area contributed by atoms with Crippen molar-refractivity contribution in [1.29, 1.82) is 0 Å². The molecule has 0 aliphatic heterocycles. The van der Waals surface area contributed by atoms with Crippen LogP contribution in [0.5, 0.6) is 0 Å². The largest absolute Gasteiger partial charge is 0.438 e. The van der Waals surface area contributed by atoms with Crippen LogP contribution in [-0.2, 0) is 10.3 Å². The third kappa shape index (κ3) is 5.54. The number of ketones is 1. The number of nitrogens with zero attached hydrogens (tertiary/aromatic N) is 1. The Labute approximate surface area is 185 Å². The molecule has 1 N–H and O–H groups in total. The number of Topliss-reactive ketones (excluding diaryl/α,β-unsaturated/α-hetero) is 1. The van der Waals surface area contributed by atoms with E-state index in [0.717, 1.165) is 30.4 Å². The van der Waals surface area contributed by atoms with E-state index in [-0.39, 0.29) is 11.3 Å². The van der Waals surface area contributed by atoms with Crippen LogP contribution in [0.15, 0.2) is 60.8 Å². The van der Waals surface area contributed by atoms with Crippen molar-refractivity contribution in [3.63, 3.8) is 0 Å². The van der Waals surface area contributed by atoms with E-state index < -0.39 is 11.7 Å². The van der Waals surface area contributed by atoms with Crippen LogP contribution in [0, 0.1) is 0 Å². The summed E-state index contributed by atoms with van der Waals surface area (Å²) in [6.45, 7) is 5.77. The molecule has 1 aliphatic carbocycles. The van der Waals surface area contributed by atoms with E-state index in [9.17, 15) is 9.59 Å². The highest BCUT2D eigenvalue weighted by atomic mass is 16.6. The number of alkyl carbamates (subject to hydrolysis) is 1. The van der Waals surface area contributed by atoms with Gasteiger partial charge in [0.2, 0.25) is 0 Å². The van der Waals surface area contributed by atoms with Gasteiger partial charge in [0.1, 0.15) is 5.60 Å². The lowest BCUT2D eigenvalue weighted by Crippen LogP contribution is -2.47. The number of amides is 1. The Hall–Kier alpha value is -3.08. The van der Waals surface area contributed by atoms with Gasteiger partial charge in [-0.2, -0.15) is 0 Å². The molecular weight excluding hydrogens is 388 g/mol. The Balaban J connectivity index is 1.83. The van der Waals surface area contributed by atoms with Crippen molar-refractivity contribution in [2.24, 2.45) is 0 Å². The predicted octanol–water partition coefficient (Wildman–Crippen LogP) is 5.38. The third-order valence-corrected chi connectivity index (χ3v) is 5.32. The van der Waals surface area contributed by atoms with Gasteiger partial charge in [-0.25, -0.2) is 4.79 Å². The summed E-state index contributed by atoms with van der Waals surface area (Å²) >= 11 is 0. The van der Waals surface area contributed by atoms with Gasteiger partial charge in [-0.1, -0.05) is 54.6 Å². The highest BCUT2D eigenvalue weighted by Gasteiger charge is 2.43. The van der Waals surface area contributed by atoms with E-state index in [4.69, 9.17) is 4.74 Å². The van der Waals surface area contributed by atoms with Gasteiger partial charge in [-0.05, 0) is 51.2 Å². The highest BCUT2D eigenvalue weighted by molar-refractivity contribution is 6.28. The monoisotopic (exact) mass is 420 g/mol. The molecule has 1 fully saturated rings. The molecule has 5 heteroatoms. The first-order chi connectivity index (χ1) is 14.6. The number of hydrogen-bond acceptors (Lipinski definition) is 4. The van der Waals surface area contributed by atoms with Crippen LogP contribution in [0.4, 0.5) is 4.79 Å². The molecule has 0 radical (unpaired) electrons. The van der Waals surface area contributed by atoms with Crippen molar-refractivity contribution in [3.8, 4) is 0 Å². The Kier molecular flexibility index (Phi) is 6.54. The molecule has 0 aromatic heterocycles. The molecule has 2 aromatic carbocycles. The van der Waals surface area contributed by atoms with E-state index in [1.54, 1.807) is 0 Å². The third-order valence-electron chi connectivity index (χ3n) is 5.32. The van der Waals surface area contributed by atoms with Gasteiger partial charge in [-0.15, -0.1) is 0 Å². The van der Waals surface area contributed by atoms with Crippen molar-refractivity contribution < 1.29 is 14.3 Å². The summed E-state index contributed by atoms with van der Waals surface area (Å²) in [5, 5.41) is 2.87. The topological polar surface area (TPSA) is 58.6 Å². The van der Waals surface area contributed by atoms with Crippen LogP contribution in [0.2, 0.25) is 0 Å². The molecule has 1 saturated carbocycles. The molecule has 0 spiro atoms. The van der Waals surface area contributed by atoms with Crippen LogP contribution < -0.4 is 5.32 Å². The zero-order valence-electron chi connectivity index (χ0n) is 19.1. The summed E-state index contributed by atoms with van der Waals surface area (Å²) in [7, 11) is 3.80. The molecule has 5 nitrogen and oxygen atoms in total. The van der Waals surface area contributed by atoms with Crippen molar-refractivity contribution in [3.05, 3.63) is 77.5 Å². The Morgan fingerprint density at radius 1 is 0.968 bits per heavy atom. The number of carbonyl (C=O) groups excluding carboxylic acids is 2. The molecule has 0 atom stereocenters. The minimum atomic E-state index is -0.612. The quantitative estimate of drug-likeness (QED) is 0.504. The summed E-state index contributed by atoms with van der Waals surface area (Å²) in [6.07, 6.45) is 4.01. The maximum absolute atomic E-state index is 13.3. The van der Waals surface area contributed by atoms with E-state index in [2.05, 4.69) is 5.32 Å². The van der Waals surface area contributed by atoms with Gasteiger partial charge >= 0.3 is 6.09 Å². The minimum Gasteiger partial charge on any atom is -0.438 e. The van der Waals surface area contributed by atoms with Gasteiger partial charge in [0.25, 0.3) is 0 Å². The van der Waals surface area contributed by atoms with Crippen LogP contribution in [0.1, 0.15) is 61.5 Å². The Bertz CT molecular complexity index is 950. The van der Waals surface area contributed by atoms with Crippen molar-refractivity contribution >= 4 is 17.4 Å². The first kappa shape index (κ1) is 22.6. The van der Waals surface area contributed by atoms with Crippen LogP contribution in [-0.4, -0.2) is 36.4 Å². The zero-order chi connectivity index (χ0) is 22.6. The van der Waals surface area contributed by atoms with Crippen molar-refractivity contribution in [2.45, 2.75) is 51.2 Å². The molecule has 31 heavy (non-hydrogen) atoms. The maximum atomic E-state index is 13.3. The number of hydrogen-bond donors (Lipinski definition) is 1. The van der Waals surface area contributed by atoms with E-state index >= 15 is 0 Å². The van der Waals surface area contributed by atoms with Crippen LogP contribution in [0.25, 0.3) is 5.57 Å². The molecule has 164 valence electrons. The molecule has 2 aromatic rings. The van der Waals surface area contributed by atoms with Crippen LogP contribution >= 0.6 is 0 Å². The average Bonchev–Trinajstić information content (AvgIpc) is 2.68. The molecular formula is C26H32N2O3. The molecule has 0 bridgehead atoms. The second-order valence-corrected chi connectivity index (χ2v) is 9.39. The summed E-state index contributed by atoms with van der Waals surface area (Å²) in [4.78, 5) is 27.5. The number of rotatable bonds is 6. The fourth-order valence-electron chi connectivity index (χ4n) is 3.68. The van der Waals surface area contributed by atoms with Crippen LogP contribution in [0.3, 0.4) is 0 Å². The molecule has 0 unspecified atom stereocenters. The van der Waals surface area contributed by atoms with Gasteiger partial charge in [0.15, 0.2) is 5.78 Å². The highest BCUT2D eigenvalue weighted by Crippen LogP contribution is 2.45. The average molecular weight is 421 g/mol. The fraction of sp³-hybridized carbons (Fsp3) is 0.385. The van der Waals surface area contributed by atoms with Gasteiger partial charge in [0, 0.05) is 37.0 Å². The molecule has 0 saturated heterocycles. The predicted molar refractivity (Wildman–Crippen MR) is 124 cm³/mol. The first-order valence-electron chi connectivity index (χ1n) is 10.7. The SMILES string of the molecule is CN(C)C=C(C(=O)c1ccc(C2(OC(=O)NC(C)(C)C)CCC2)cc1)c1ccccc1. The van der Waals surface area contributed by atoms with Gasteiger partial charge in [0.05, 0.1) is 0 Å². The summed E-state index contributed by atoms with van der Waals surface area (Å²) in [6, 6.07) is 17.1. The Morgan fingerprint density at radius 3 is 2.06 bits per heavy atom. The van der Waals surface area contributed by atoms with Gasteiger partial charge < -0.3 is 15.0 Å². The number of allylic oxidation sites excluding steroid dienone is 1. The standard InChI is InChI=1S/C26H32N2O3/c1-25(2,3)27-24(30)31-26(16-9-17-26)21-14-12-20(13-15-21)23(29)22(18-28(4)5)19-10-7-6-8-11-19/h6-8,10-15,18H,9,16-17H2,1-5H3,(H,27,30). The zero-order valence-corrected chi connectivity index (χ0v) is 19.1.